The number of rotatable bonds is 5. The number of aryl methyl sites for hydroxylation is 2. The van der Waals surface area contributed by atoms with Crippen LogP contribution in [0.25, 0.3) is 0 Å². The second-order valence-corrected chi connectivity index (χ2v) is 8.79. The Kier molecular flexibility index (Phi) is 5.51. The molecule has 0 aromatic heterocycles. The minimum atomic E-state index is -3.67. The quantitative estimate of drug-likeness (QED) is 0.828. The van der Waals surface area contributed by atoms with Crippen molar-refractivity contribution in [3.8, 4) is 11.5 Å². The van der Waals surface area contributed by atoms with E-state index < -0.39 is 22.0 Å². The number of fused-ring (bicyclic) bond motifs is 1. The highest BCUT2D eigenvalue weighted by Gasteiger charge is 2.29. The maximum absolute atomic E-state index is 12.8. The van der Waals surface area contributed by atoms with Crippen LogP contribution in [0, 0.1) is 13.8 Å². The lowest BCUT2D eigenvalue weighted by atomic mass is 10.1. The van der Waals surface area contributed by atoms with Gasteiger partial charge in [0.1, 0.15) is 19.3 Å². The second-order valence-electron chi connectivity index (χ2n) is 6.93. The Morgan fingerprint density at radius 2 is 1.64 bits per heavy atom. The number of anilines is 2. The van der Waals surface area contributed by atoms with Gasteiger partial charge in [-0.15, -0.1) is 0 Å². The Morgan fingerprint density at radius 1 is 1.04 bits per heavy atom. The van der Waals surface area contributed by atoms with Gasteiger partial charge in [0.15, 0.2) is 11.5 Å². The average molecular weight is 404 g/mol. The molecule has 0 radical (unpaired) electrons. The molecule has 1 heterocycles. The van der Waals surface area contributed by atoms with E-state index in [4.69, 9.17) is 9.47 Å². The first-order chi connectivity index (χ1) is 13.1. The topological polar surface area (TPSA) is 84.9 Å². The molecular formula is C20H24N2O5S. The molecule has 28 heavy (non-hydrogen) atoms. The first kappa shape index (κ1) is 20.0. The van der Waals surface area contributed by atoms with Gasteiger partial charge in [-0.25, -0.2) is 8.42 Å². The fourth-order valence-electron chi connectivity index (χ4n) is 3.25. The van der Waals surface area contributed by atoms with E-state index in [1.807, 2.05) is 19.9 Å². The van der Waals surface area contributed by atoms with Crippen molar-refractivity contribution in [3.63, 3.8) is 0 Å². The molecule has 1 amide bonds. The summed E-state index contributed by atoms with van der Waals surface area (Å²) < 4.78 is 37.0. The third-order valence-corrected chi connectivity index (χ3v) is 5.60. The van der Waals surface area contributed by atoms with E-state index in [-0.39, 0.29) is 0 Å². The van der Waals surface area contributed by atoms with Gasteiger partial charge in [-0.05, 0) is 56.2 Å². The highest BCUT2D eigenvalue weighted by atomic mass is 32.2. The molecule has 2 aromatic rings. The van der Waals surface area contributed by atoms with Crippen LogP contribution in [0.2, 0.25) is 0 Å². The zero-order chi connectivity index (χ0) is 20.5. The van der Waals surface area contributed by atoms with Crippen molar-refractivity contribution in [2.75, 3.05) is 29.1 Å². The Bertz CT molecular complexity index is 983. The van der Waals surface area contributed by atoms with Crippen LogP contribution >= 0.6 is 0 Å². The van der Waals surface area contributed by atoms with Gasteiger partial charge in [-0.2, -0.15) is 0 Å². The van der Waals surface area contributed by atoms with Gasteiger partial charge in [-0.1, -0.05) is 6.07 Å². The minimum Gasteiger partial charge on any atom is -0.486 e. The minimum absolute atomic E-state index is 0.440. The Hall–Kier alpha value is -2.74. The average Bonchev–Trinajstić information content (AvgIpc) is 2.59. The Morgan fingerprint density at radius 3 is 2.25 bits per heavy atom. The summed E-state index contributed by atoms with van der Waals surface area (Å²) in [5.74, 6) is 0.720. The largest absolute Gasteiger partial charge is 0.486 e. The summed E-state index contributed by atoms with van der Waals surface area (Å²) in [7, 11) is -3.67. The molecule has 0 aliphatic carbocycles. The first-order valence-electron chi connectivity index (χ1n) is 8.93. The van der Waals surface area contributed by atoms with E-state index in [2.05, 4.69) is 5.32 Å². The molecular weight excluding hydrogens is 380 g/mol. The van der Waals surface area contributed by atoms with Crippen molar-refractivity contribution in [2.45, 2.75) is 26.8 Å². The predicted molar refractivity (Wildman–Crippen MR) is 109 cm³/mol. The van der Waals surface area contributed by atoms with E-state index in [1.165, 1.54) is 0 Å². The van der Waals surface area contributed by atoms with E-state index in [0.717, 1.165) is 21.7 Å². The molecule has 1 atom stereocenters. The lowest BCUT2D eigenvalue weighted by Crippen LogP contribution is -2.45. The number of carbonyl (C=O) groups excluding carboxylic acids is 1. The predicted octanol–water partition coefficient (Wildman–Crippen LogP) is 2.87. The fourth-order valence-corrected chi connectivity index (χ4v) is 4.41. The van der Waals surface area contributed by atoms with Gasteiger partial charge in [0.2, 0.25) is 15.9 Å². The van der Waals surface area contributed by atoms with Crippen LogP contribution in [-0.4, -0.2) is 39.8 Å². The molecule has 0 saturated heterocycles. The summed E-state index contributed by atoms with van der Waals surface area (Å²) in [4.78, 5) is 12.8. The molecule has 150 valence electrons. The van der Waals surface area contributed by atoms with Crippen molar-refractivity contribution in [1.82, 2.24) is 0 Å². The van der Waals surface area contributed by atoms with E-state index in [1.54, 1.807) is 37.3 Å². The zero-order valence-corrected chi connectivity index (χ0v) is 17.2. The third kappa shape index (κ3) is 4.39. The number of nitrogens with zero attached hydrogens (tertiary/aromatic N) is 1. The number of ether oxygens (including phenoxy) is 2. The van der Waals surface area contributed by atoms with Crippen molar-refractivity contribution in [2.24, 2.45) is 0 Å². The molecule has 0 saturated carbocycles. The summed E-state index contributed by atoms with van der Waals surface area (Å²) >= 11 is 0. The number of carbonyl (C=O) groups is 1. The van der Waals surface area contributed by atoms with Crippen LogP contribution in [-0.2, 0) is 14.8 Å². The van der Waals surface area contributed by atoms with Gasteiger partial charge >= 0.3 is 0 Å². The normalized spacial score (nSPS) is 14.3. The van der Waals surface area contributed by atoms with Gasteiger partial charge < -0.3 is 14.8 Å². The van der Waals surface area contributed by atoms with Crippen molar-refractivity contribution < 1.29 is 22.7 Å². The van der Waals surface area contributed by atoms with Crippen molar-refractivity contribution >= 4 is 27.3 Å². The number of nitrogens with one attached hydrogen (secondary N) is 1. The fraction of sp³-hybridized carbons (Fsp3) is 0.350. The summed E-state index contributed by atoms with van der Waals surface area (Å²) in [6.45, 7) is 6.25. The SMILES string of the molecule is Cc1cc(C)cc(N(C(C)C(=O)Nc2ccc3c(c2)OCCO3)S(C)(=O)=O)c1. The standard InChI is InChI=1S/C20H24N2O5S/c1-13-9-14(2)11-17(10-13)22(28(4,24)25)15(3)20(23)21-16-5-6-18-19(12-16)27-8-7-26-18/h5-6,9-12,15H,7-8H2,1-4H3,(H,21,23). The van der Waals surface area contributed by atoms with Crippen LogP contribution in [0.1, 0.15) is 18.1 Å². The molecule has 0 spiro atoms. The molecule has 1 aliphatic heterocycles. The van der Waals surface area contributed by atoms with Crippen LogP contribution in [0.4, 0.5) is 11.4 Å². The monoisotopic (exact) mass is 404 g/mol. The number of sulfonamides is 1. The van der Waals surface area contributed by atoms with Crippen LogP contribution in [0.3, 0.4) is 0 Å². The summed E-state index contributed by atoms with van der Waals surface area (Å²) in [6.07, 6.45) is 1.10. The number of hydrogen-bond acceptors (Lipinski definition) is 5. The van der Waals surface area contributed by atoms with E-state index in [9.17, 15) is 13.2 Å². The first-order valence-corrected chi connectivity index (χ1v) is 10.8. The van der Waals surface area contributed by atoms with Gasteiger partial charge in [0, 0.05) is 11.8 Å². The Labute approximate surface area is 165 Å². The maximum atomic E-state index is 12.8. The molecule has 8 heteroatoms. The summed E-state index contributed by atoms with van der Waals surface area (Å²) in [6, 6.07) is 9.59. The molecule has 3 rings (SSSR count). The lowest BCUT2D eigenvalue weighted by Gasteiger charge is -2.29. The van der Waals surface area contributed by atoms with Gasteiger partial charge in [0.25, 0.3) is 0 Å². The molecule has 1 N–H and O–H groups in total. The van der Waals surface area contributed by atoms with Crippen LogP contribution in [0.5, 0.6) is 11.5 Å². The molecule has 0 fully saturated rings. The second kappa shape index (κ2) is 7.71. The van der Waals surface area contributed by atoms with E-state index in [0.29, 0.717) is 36.1 Å². The Balaban J connectivity index is 1.86. The van der Waals surface area contributed by atoms with Crippen molar-refractivity contribution in [3.05, 3.63) is 47.5 Å². The van der Waals surface area contributed by atoms with E-state index >= 15 is 0 Å². The molecule has 2 aromatic carbocycles. The van der Waals surface area contributed by atoms with Crippen molar-refractivity contribution in [1.29, 1.82) is 0 Å². The molecule has 1 unspecified atom stereocenters. The maximum Gasteiger partial charge on any atom is 0.247 e. The number of amides is 1. The summed E-state index contributed by atoms with van der Waals surface area (Å²) in [5.41, 5.74) is 2.81. The number of benzene rings is 2. The smallest absolute Gasteiger partial charge is 0.247 e. The zero-order valence-electron chi connectivity index (χ0n) is 16.4. The van der Waals surface area contributed by atoms with Crippen LogP contribution in [0.15, 0.2) is 36.4 Å². The molecule has 7 nitrogen and oxygen atoms in total. The van der Waals surface area contributed by atoms with Gasteiger partial charge in [0.05, 0.1) is 11.9 Å². The molecule has 0 bridgehead atoms. The highest BCUT2D eigenvalue weighted by Crippen LogP contribution is 2.33. The molecule has 1 aliphatic rings. The lowest BCUT2D eigenvalue weighted by molar-refractivity contribution is -0.116. The summed E-state index contributed by atoms with van der Waals surface area (Å²) in [5, 5.41) is 2.76. The number of hydrogen-bond donors (Lipinski definition) is 1. The van der Waals surface area contributed by atoms with Gasteiger partial charge in [-0.3, -0.25) is 9.10 Å². The highest BCUT2D eigenvalue weighted by molar-refractivity contribution is 7.92. The van der Waals surface area contributed by atoms with Crippen LogP contribution < -0.4 is 19.1 Å². The third-order valence-electron chi connectivity index (χ3n) is 4.36.